The van der Waals surface area contributed by atoms with Gasteiger partial charge in [-0.1, -0.05) is 161 Å². The van der Waals surface area contributed by atoms with E-state index in [0.29, 0.717) is 0 Å². The third-order valence-electron chi connectivity index (χ3n) is 14.3. The van der Waals surface area contributed by atoms with Gasteiger partial charge in [-0.05, 0) is 121 Å². The molecule has 2 aliphatic carbocycles. The molecule has 63 heavy (non-hydrogen) atoms. The predicted octanol–water partition coefficient (Wildman–Crippen LogP) is 16.9. The molecular formula is C60H43NO2. The van der Waals surface area contributed by atoms with E-state index in [1.54, 1.807) is 0 Å². The average Bonchev–Trinajstić information content (AvgIpc) is 4.03. The van der Waals surface area contributed by atoms with Gasteiger partial charge in [0.15, 0.2) is 5.58 Å². The number of hydrogen-bond acceptors (Lipinski definition) is 3. The maximum absolute atomic E-state index is 7.27. The SMILES string of the molecule is CC1(C)c2ccccc2-c2ccc(-c3ccc(N(c4ccc(-c5ccccc5)cc4)c4ccc5c(c4)C(C)(C)c4ccccc4-5)c4oc5ccc6oc7ccccc7c6c5c34)cc21. The van der Waals surface area contributed by atoms with Gasteiger partial charge in [-0.15, -0.1) is 0 Å². The fourth-order valence-electron chi connectivity index (χ4n) is 11.1. The molecule has 0 unspecified atom stereocenters. The van der Waals surface area contributed by atoms with E-state index in [1.807, 2.05) is 6.07 Å². The fourth-order valence-corrected chi connectivity index (χ4v) is 11.1. The second-order valence-corrected chi connectivity index (χ2v) is 18.4. The minimum absolute atomic E-state index is 0.142. The van der Waals surface area contributed by atoms with E-state index in [0.717, 1.165) is 72.1 Å². The molecule has 3 nitrogen and oxygen atoms in total. The van der Waals surface area contributed by atoms with E-state index < -0.39 is 0 Å². The Labute approximate surface area is 366 Å². The highest BCUT2D eigenvalue weighted by Crippen LogP contribution is 2.54. The minimum Gasteiger partial charge on any atom is -0.456 e. The van der Waals surface area contributed by atoms with Crippen molar-refractivity contribution in [3.63, 3.8) is 0 Å². The summed E-state index contributed by atoms with van der Waals surface area (Å²) in [6, 6.07) is 68.5. The molecule has 0 radical (unpaired) electrons. The molecule has 0 amide bonds. The van der Waals surface area contributed by atoms with Crippen LogP contribution < -0.4 is 4.90 Å². The highest BCUT2D eigenvalue weighted by molar-refractivity contribution is 6.29. The van der Waals surface area contributed by atoms with Gasteiger partial charge in [0.05, 0.1) is 5.69 Å². The number of benzene rings is 9. The number of hydrogen-bond donors (Lipinski definition) is 0. The Morgan fingerprint density at radius 3 is 1.62 bits per heavy atom. The van der Waals surface area contributed by atoms with E-state index in [1.165, 1.54) is 55.6 Å². The molecule has 11 aromatic rings. The van der Waals surface area contributed by atoms with Crippen molar-refractivity contribution in [1.29, 1.82) is 0 Å². The first-order chi connectivity index (χ1) is 30.8. The molecular weight excluding hydrogens is 767 g/mol. The van der Waals surface area contributed by atoms with Crippen molar-refractivity contribution in [1.82, 2.24) is 0 Å². The quantitative estimate of drug-likeness (QED) is 0.173. The monoisotopic (exact) mass is 809 g/mol. The van der Waals surface area contributed by atoms with Gasteiger partial charge in [0.1, 0.15) is 16.7 Å². The molecule has 2 aliphatic rings. The summed E-state index contributed by atoms with van der Waals surface area (Å²) >= 11 is 0. The topological polar surface area (TPSA) is 29.5 Å². The van der Waals surface area contributed by atoms with E-state index in [9.17, 15) is 0 Å². The van der Waals surface area contributed by atoms with E-state index in [4.69, 9.17) is 8.83 Å². The summed E-state index contributed by atoms with van der Waals surface area (Å²) in [6.07, 6.45) is 0. The zero-order chi connectivity index (χ0) is 42.2. The molecule has 300 valence electrons. The van der Waals surface area contributed by atoms with Crippen LogP contribution in [0.25, 0.3) is 88.4 Å². The maximum atomic E-state index is 7.27. The van der Waals surface area contributed by atoms with Crippen LogP contribution in [-0.2, 0) is 10.8 Å². The molecule has 2 aromatic heterocycles. The second-order valence-electron chi connectivity index (χ2n) is 18.4. The van der Waals surface area contributed by atoms with Gasteiger partial charge < -0.3 is 13.7 Å². The molecule has 0 atom stereocenters. The summed E-state index contributed by atoms with van der Waals surface area (Å²) in [7, 11) is 0. The first-order valence-corrected chi connectivity index (χ1v) is 22.0. The minimum atomic E-state index is -0.168. The number of fused-ring (bicyclic) bond motifs is 13. The van der Waals surface area contributed by atoms with Gasteiger partial charge in [-0.2, -0.15) is 0 Å². The lowest BCUT2D eigenvalue weighted by molar-refractivity contribution is 0.660. The molecule has 0 aliphatic heterocycles. The van der Waals surface area contributed by atoms with Crippen molar-refractivity contribution in [2.75, 3.05) is 4.90 Å². The molecule has 3 heteroatoms. The first-order valence-electron chi connectivity index (χ1n) is 22.0. The van der Waals surface area contributed by atoms with Gasteiger partial charge in [-0.3, -0.25) is 0 Å². The molecule has 13 rings (SSSR count). The summed E-state index contributed by atoms with van der Waals surface area (Å²) in [4.78, 5) is 2.40. The molecule has 9 aromatic carbocycles. The lowest BCUT2D eigenvalue weighted by atomic mass is 9.81. The zero-order valence-corrected chi connectivity index (χ0v) is 35.7. The molecule has 0 spiro atoms. The van der Waals surface area contributed by atoms with Crippen LogP contribution in [0.4, 0.5) is 17.1 Å². The number of anilines is 3. The number of nitrogens with zero attached hydrogens (tertiary/aromatic N) is 1. The van der Waals surface area contributed by atoms with Crippen LogP contribution in [0.15, 0.2) is 197 Å². The fraction of sp³-hybridized carbons (Fsp3) is 0.100. The van der Waals surface area contributed by atoms with Gasteiger partial charge in [0.2, 0.25) is 0 Å². The highest BCUT2D eigenvalue weighted by Gasteiger charge is 2.37. The summed E-state index contributed by atoms with van der Waals surface area (Å²) < 4.78 is 13.8. The van der Waals surface area contributed by atoms with Crippen molar-refractivity contribution in [3.05, 3.63) is 210 Å². The van der Waals surface area contributed by atoms with Crippen molar-refractivity contribution >= 4 is 60.9 Å². The van der Waals surface area contributed by atoms with Crippen LogP contribution in [-0.4, -0.2) is 0 Å². The van der Waals surface area contributed by atoms with Crippen molar-refractivity contribution in [3.8, 4) is 44.5 Å². The van der Waals surface area contributed by atoms with Gasteiger partial charge in [0.25, 0.3) is 0 Å². The third-order valence-corrected chi connectivity index (χ3v) is 14.3. The summed E-state index contributed by atoms with van der Waals surface area (Å²) in [6.45, 7) is 9.41. The number of rotatable bonds is 5. The zero-order valence-electron chi connectivity index (χ0n) is 35.7. The molecule has 0 fully saturated rings. The molecule has 2 heterocycles. The summed E-state index contributed by atoms with van der Waals surface area (Å²) in [5.74, 6) is 0. The first kappa shape index (κ1) is 36.1. The van der Waals surface area contributed by atoms with Gasteiger partial charge in [0, 0.05) is 43.7 Å². The van der Waals surface area contributed by atoms with Crippen LogP contribution >= 0.6 is 0 Å². The van der Waals surface area contributed by atoms with Crippen molar-refractivity contribution in [2.45, 2.75) is 38.5 Å². The Morgan fingerprint density at radius 2 is 0.889 bits per heavy atom. The number of para-hydroxylation sites is 1. The molecule has 0 bridgehead atoms. The smallest absolute Gasteiger partial charge is 0.160 e. The molecule has 0 saturated heterocycles. The van der Waals surface area contributed by atoms with Crippen LogP contribution in [0, 0.1) is 0 Å². The second kappa shape index (κ2) is 13.0. The number of furan rings is 2. The average molecular weight is 810 g/mol. The van der Waals surface area contributed by atoms with Gasteiger partial charge >= 0.3 is 0 Å². The van der Waals surface area contributed by atoms with Crippen LogP contribution in [0.3, 0.4) is 0 Å². The highest BCUT2D eigenvalue weighted by atomic mass is 16.3. The molecule has 0 N–H and O–H groups in total. The molecule has 0 saturated carbocycles. The Bertz CT molecular complexity index is 3680. The Kier molecular flexibility index (Phi) is 7.42. The standard InChI is InChI=1S/C60H43NO2/c1-59(2)47-19-11-8-16-42(47)44-28-24-38(34-49(44)59)41-30-31-51(58-56(41)57-54(63-58)33-32-53-55(57)46-18-10-13-21-52(46)62-53)61(39-25-22-37(23-26-39)36-14-6-5-7-15-36)40-27-29-45-43-17-9-12-20-48(43)60(3,4)50(45)35-40/h5-35H,1-4H3. The van der Waals surface area contributed by atoms with Crippen LogP contribution in [0.5, 0.6) is 0 Å². The van der Waals surface area contributed by atoms with Crippen molar-refractivity contribution < 1.29 is 8.83 Å². The van der Waals surface area contributed by atoms with Crippen molar-refractivity contribution in [2.24, 2.45) is 0 Å². The predicted molar refractivity (Wildman–Crippen MR) is 262 cm³/mol. The summed E-state index contributed by atoms with van der Waals surface area (Å²) in [5.41, 5.74) is 21.4. The van der Waals surface area contributed by atoms with E-state index in [-0.39, 0.29) is 10.8 Å². The largest absolute Gasteiger partial charge is 0.456 e. The Balaban J connectivity index is 1.10. The Morgan fingerprint density at radius 1 is 0.349 bits per heavy atom. The lowest BCUT2D eigenvalue weighted by Crippen LogP contribution is -2.16. The third kappa shape index (κ3) is 5.08. The van der Waals surface area contributed by atoms with E-state index in [2.05, 4.69) is 215 Å². The summed E-state index contributed by atoms with van der Waals surface area (Å²) in [5, 5.41) is 4.30. The van der Waals surface area contributed by atoms with E-state index >= 15 is 0 Å². The van der Waals surface area contributed by atoms with Crippen LogP contribution in [0.2, 0.25) is 0 Å². The lowest BCUT2D eigenvalue weighted by Gasteiger charge is -2.28. The van der Waals surface area contributed by atoms with Gasteiger partial charge in [-0.25, -0.2) is 0 Å². The normalized spacial score (nSPS) is 14.3. The maximum Gasteiger partial charge on any atom is 0.160 e. The Hall–Kier alpha value is -7.62. The van der Waals surface area contributed by atoms with Crippen LogP contribution in [0.1, 0.15) is 49.9 Å².